The summed E-state index contributed by atoms with van der Waals surface area (Å²) in [4.78, 5) is 42.3. The van der Waals surface area contributed by atoms with Crippen LogP contribution in [-0.4, -0.2) is 22.7 Å². The van der Waals surface area contributed by atoms with Crippen LogP contribution in [0.1, 0.15) is 22.7 Å². The van der Waals surface area contributed by atoms with Crippen LogP contribution in [0.2, 0.25) is 0 Å². The first kappa shape index (κ1) is 23.0. The Hall–Kier alpha value is -4.78. The third-order valence-corrected chi connectivity index (χ3v) is 6.20. The van der Waals surface area contributed by atoms with Crippen LogP contribution in [0.25, 0.3) is 0 Å². The van der Waals surface area contributed by atoms with Gasteiger partial charge >= 0.3 is 6.03 Å². The number of hydrogen-bond acceptors (Lipinski definition) is 3. The molecule has 0 unspecified atom stereocenters. The van der Waals surface area contributed by atoms with Gasteiger partial charge in [-0.25, -0.2) is 14.1 Å². The van der Waals surface area contributed by atoms with Crippen molar-refractivity contribution in [2.45, 2.75) is 11.6 Å². The first-order chi connectivity index (χ1) is 17.5. The molecule has 6 nitrogen and oxygen atoms in total. The normalized spacial score (nSPS) is 15.3. The molecule has 1 atom stereocenters. The van der Waals surface area contributed by atoms with Crippen molar-refractivity contribution in [3.8, 4) is 0 Å². The summed E-state index contributed by atoms with van der Waals surface area (Å²) < 4.78 is 13.4. The summed E-state index contributed by atoms with van der Waals surface area (Å²) in [7, 11) is 0. The third-order valence-electron chi connectivity index (χ3n) is 6.20. The molecule has 0 radical (unpaired) electrons. The minimum Gasteiger partial charge on any atom is -0.324 e. The molecular formula is C29H22FN3O3. The number of carbonyl (C=O) groups excluding carboxylic acids is 3. The van der Waals surface area contributed by atoms with Crippen molar-refractivity contribution < 1.29 is 18.8 Å². The maximum absolute atomic E-state index is 14.3. The van der Waals surface area contributed by atoms with E-state index in [4.69, 9.17) is 0 Å². The lowest BCUT2D eigenvalue weighted by Crippen LogP contribution is -2.46. The fourth-order valence-corrected chi connectivity index (χ4v) is 4.51. The maximum atomic E-state index is 14.3. The molecule has 1 saturated heterocycles. The van der Waals surface area contributed by atoms with Gasteiger partial charge < -0.3 is 10.6 Å². The predicted molar refractivity (Wildman–Crippen MR) is 133 cm³/mol. The van der Waals surface area contributed by atoms with E-state index in [2.05, 4.69) is 10.6 Å². The molecule has 4 amide bonds. The molecule has 0 spiro atoms. The van der Waals surface area contributed by atoms with E-state index in [0.717, 1.165) is 4.90 Å². The van der Waals surface area contributed by atoms with Gasteiger partial charge in [-0.3, -0.25) is 9.59 Å². The number of halogens is 1. The zero-order valence-electron chi connectivity index (χ0n) is 19.1. The fraction of sp³-hybridized carbons (Fsp3) is 0.0690. The fourth-order valence-electron chi connectivity index (χ4n) is 4.51. The van der Waals surface area contributed by atoms with Gasteiger partial charge in [-0.05, 0) is 41.0 Å². The Labute approximate surface area is 207 Å². The first-order valence-electron chi connectivity index (χ1n) is 11.4. The number of nitrogens with zero attached hydrogens (tertiary/aromatic N) is 1. The van der Waals surface area contributed by atoms with Gasteiger partial charge in [-0.2, -0.15) is 0 Å². The van der Waals surface area contributed by atoms with Gasteiger partial charge in [0.25, 0.3) is 11.8 Å². The average Bonchev–Trinajstić information content (AvgIpc) is 3.18. The van der Waals surface area contributed by atoms with Crippen LogP contribution < -0.4 is 10.6 Å². The lowest BCUT2D eigenvalue weighted by Gasteiger charge is -2.30. The first-order valence-corrected chi connectivity index (χ1v) is 11.4. The van der Waals surface area contributed by atoms with Gasteiger partial charge in [0, 0.05) is 5.69 Å². The van der Waals surface area contributed by atoms with E-state index < -0.39 is 35.2 Å². The molecule has 36 heavy (non-hydrogen) atoms. The van der Waals surface area contributed by atoms with Crippen LogP contribution in [0, 0.1) is 5.82 Å². The van der Waals surface area contributed by atoms with Crippen molar-refractivity contribution in [2.24, 2.45) is 0 Å². The molecule has 4 aromatic rings. The van der Waals surface area contributed by atoms with Gasteiger partial charge in [-0.15, -0.1) is 0 Å². The van der Waals surface area contributed by atoms with Gasteiger partial charge in [0.15, 0.2) is 5.54 Å². The Bertz CT molecular complexity index is 1350. The highest BCUT2D eigenvalue weighted by Crippen LogP contribution is 2.39. The minimum atomic E-state index is -1.51. The summed E-state index contributed by atoms with van der Waals surface area (Å²) in [5.74, 6) is -1.63. The largest absolute Gasteiger partial charge is 0.326 e. The van der Waals surface area contributed by atoms with Crippen molar-refractivity contribution in [1.82, 2.24) is 10.2 Å². The second-order valence-corrected chi connectivity index (χ2v) is 8.40. The van der Waals surface area contributed by atoms with E-state index in [1.807, 2.05) is 12.1 Å². The van der Waals surface area contributed by atoms with Crippen LogP contribution in [-0.2, 0) is 15.1 Å². The minimum absolute atomic E-state index is 0.340. The van der Waals surface area contributed by atoms with E-state index in [1.165, 1.54) is 24.3 Å². The van der Waals surface area contributed by atoms with E-state index in [9.17, 15) is 18.8 Å². The smallest absolute Gasteiger partial charge is 0.324 e. The Kier molecular flexibility index (Phi) is 6.04. The number of nitrogens with one attached hydrogen (secondary N) is 2. The standard InChI is InChI=1S/C29H22FN3O3/c30-23-16-18-24(19-17-23)31-26(34)25(20-10-4-1-5-11-20)33-27(35)29(32-28(33)36,21-12-6-2-7-13-21)22-14-8-3-9-15-22/h1-19,25H,(H,31,34)(H,32,36)/t25-/m1/s1. The van der Waals surface area contributed by atoms with E-state index in [-0.39, 0.29) is 0 Å². The molecule has 178 valence electrons. The zero-order chi connectivity index (χ0) is 25.1. The number of hydrogen-bond donors (Lipinski definition) is 2. The second kappa shape index (κ2) is 9.46. The average molecular weight is 480 g/mol. The molecule has 4 aromatic carbocycles. The van der Waals surface area contributed by atoms with Crippen molar-refractivity contribution in [1.29, 1.82) is 0 Å². The molecule has 5 rings (SSSR count). The highest BCUT2D eigenvalue weighted by molar-refractivity contribution is 6.13. The van der Waals surface area contributed by atoms with Crippen LogP contribution in [0.5, 0.6) is 0 Å². The summed E-state index contributed by atoms with van der Waals surface area (Å²) in [6.45, 7) is 0. The number of urea groups is 1. The summed E-state index contributed by atoms with van der Waals surface area (Å²) in [6, 6.07) is 29.8. The summed E-state index contributed by atoms with van der Waals surface area (Å²) in [6.07, 6.45) is 0. The van der Waals surface area contributed by atoms with Crippen LogP contribution >= 0.6 is 0 Å². The number of imide groups is 1. The summed E-state index contributed by atoms with van der Waals surface area (Å²) in [5, 5.41) is 5.60. The molecule has 2 N–H and O–H groups in total. The van der Waals surface area contributed by atoms with Crippen molar-refractivity contribution >= 4 is 23.5 Å². The van der Waals surface area contributed by atoms with Gasteiger partial charge in [0.1, 0.15) is 11.9 Å². The van der Waals surface area contributed by atoms with E-state index in [1.54, 1.807) is 78.9 Å². The van der Waals surface area contributed by atoms with Crippen molar-refractivity contribution in [2.75, 3.05) is 5.32 Å². The summed E-state index contributed by atoms with van der Waals surface area (Å²) in [5.41, 5.74) is 0.429. The number of amides is 4. The van der Waals surface area contributed by atoms with Crippen molar-refractivity contribution in [3.05, 3.63) is 138 Å². The number of rotatable bonds is 6. The predicted octanol–water partition coefficient (Wildman–Crippen LogP) is 5.00. The van der Waals surface area contributed by atoms with E-state index >= 15 is 0 Å². The monoisotopic (exact) mass is 479 g/mol. The second-order valence-electron chi connectivity index (χ2n) is 8.40. The van der Waals surface area contributed by atoms with Gasteiger partial charge in [-0.1, -0.05) is 91.0 Å². The number of anilines is 1. The molecule has 0 aromatic heterocycles. The highest BCUT2D eigenvalue weighted by Gasteiger charge is 2.56. The number of carbonyl (C=O) groups is 3. The van der Waals surface area contributed by atoms with Crippen LogP contribution in [0.3, 0.4) is 0 Å². The molecule has 1 aliphatic heterocycles. The molecule has 7 heteroatoms. The third kappa shape index (κ3) is 4.01. The highest BCUT2D eigenvalue weighted by atomic mass is 19.1. The molecule has 0 saturated carbocycles. The molecular weight excluding hydrogens is 457 g/mol. The SMILES string of the molecule is O=C(Nc1ccc(F)cc1)[C@@H](c1ccccc1)N1C(=O)NC(c2ccccc2)(c2ccccc2)C1=O. The molecule has 0 aliphatic carbocycles. The number of benzene rings is 4. The van der Waals surface area contributed by atoms with Gasteiger partial charge in [0.2, 0.25) is 0 Å². The van der Waals surface area contributed by atoms with E-state index in [0.29, 0.717) is 22.4 Å². The van der Waals surface area contributed by atoms with Crippen molar-refractivity contribution in [3.63, 3.8) is 0 Å². The Morgan fingerprint density at radius 3 is 1.78 bits per heavy atom. The Balaban J connectivity index is 1.61. The van der Waals surface area contributed by atoms with Gasteiger partial charge in [0.05, 0.1) is 0 Å². The maximum Gasteiger partial charge on any atom is 0.326 e. The molecule has 1 fully saturated rings. The Morgan fingerprint density at radius 1 is 0.750 bits per heavy atom. The molecule has 1 aliphatic rings. The molecule has 1 heterocycles. The van der Waals surface area contributed by atoms with Crippen LogP contribution in [0.15, 0.2) is 115 Å². The quantitative estimate of drug-likeness (QED) is 0.382. The summed E-state index contributed by atoms with van der Waals surface area (Å²) >= 11 is 0. The Morgan fingerprint density at radius 2 is 1.25 bits per heavy atom. The van der Waals surface area contributed by atoms with Crippen LogP contribution in [0.4, 0.5) is 14.9 Å². The molecule has 0 bridgehead atoms. The lowest BCUT2D eigenvalue weighted by molar-refractivity contribution is -0.136. The lowest BCUT2D eigenvalue weighted by atomic mass is 9.82. The zero-order valence-corrected chi connectivity index (χ0v) is 19.1. The topological polar surface area (TPSA) is 78.5 Å².